The second-order valence-electron chi connectivity index (χ2n) is 7.59. The molecule has 0 saturated carbocycles. The molecule has 0 N–H and O–H groups in total. The van der Waals surface area contributed by atoms with Gasteiger partial charge in [-0.05, 0) is 31.8 Å². The summed E-state index contributed by atoms with van der Waals surface area (Å²) in [4.78, 5) is 32.3. The minimum Gasteiger partial charge on any atom is -0.454 e. The average Bonchev–Trinajstić information content (AvgIpc) is 3.13. The zero-order valence-electron chi connectivity index (χ0n) is 17.0. The van der Waals surface area contributed by atoms with Crippen LogP contribution in [0, 0.1) is 0 Å². The standard InChI is InChI=1S/C20H30N4O4/c1-16(25)24(9-6-21(2)3)14-20(26)23-10-7-22(8-11-23)13-17-4-5-18-19(12-17)28-15-27-18/h4-5,12H,6-11,13-15H2,1-3H3. The lowest BCUT2D eigenvalue weighted by molar-refractivity contribution is -0.140. The Morgan fingerprint density at radius 1 is 1.04 bits per heavy atom. The SMILES string of the molecule is CC(=O)N(CCN(C)C)CC(=O)N1CCN(Cc2ccc3c(c2)OCO3)CC1. The minimum atomic E-state index is -0.0587. The maximum absolute atomic E-state index is 12.6. The molecule has 0 radical (unpaired) electrons. The highest BCUT2D eigenvalue weighted by Gasteiger charge is 2.24. The lowest BCUT2D eigenvalue weighted by atomic mass is 10.1. The predicted molar refractivity (Wildman–Crippen MR) is 105 cm³/mol. The number of carbonyl (C=O) groups is 2. The second kappa shape index (κ2) is 9.25. The first kappa shape index (κ1) is 20.4. The summed E-state index contributed by atoms with van der Waals surface area (Å²) < 4.78 is 10.8. The van der Waals surface area contributed by atoms with E-state index in [1.165, 1.54) is 12.5 Å². The van der Waals surface area contributed by atoms with Gasteiger partial charge >= 0.3 is 0 Å². The van der Waals surface area contributed by atoms with Crippen molar-refractivity contribution in [2.24, 2.45) is 0 Å². The molecular formula is C20H30N4O4. The van der Waals surface area contributed by atoms with Gasteiger partial charge in [0.1, 0.15) is 0 Å². The fourth-order valence-corrected chi connectivity index (χ4v) is 3.38. The second-order valence-corrected chi connectivity index (χ2v) is 7.59. The summed E-state index contributed by atoms with van der Waals surface area (Å²) in [7, 11) is 3.92. The predicted octanol–water partition coefficient (Wildman–Crippen LogP) is 0.470. The third-order valence-electron chi connectivity index (χ3n) is 5.16. The number of fused-ring (bicyclic) bond motifs is 1. The Balaban J connectivity index is 1.46. The molecule has 0 bridgehead atoms. The lowest BCUT2D eigenvalue weighted by Crippen LogP contribution is -2.51. The first-order valence-corrected chi connectivity index (χ1v) is 9.71. The molecule has 2 aliphatic rings. The van der Waals surface area contributed by atoms with Crippen molar-refractivity contribution in [2.45, 2.75) is 13.5 Å². The van der Waals surface area contributed by atoms with Gasteiger partial charge in [-0.15, -0.1) is 0 Å². The number of hydrogen-bond donors (Lipinski definition) is 0. The van der Waals surface area contributed by atoms with E-state index >= 15 is 0 Å². The smallest absolute Gasteiger partial charge is 0.242 e. The molecule has 28 heavy (non-hydrogen) atoms. The van der Waals surface area contributed by atoms with Gasteiger partial charge in [0, 0.05) is 52.7 Å². The van der Waals surface area contributed by atoms with Crippen molar-refractivity contribution >= 4 is 11.8 Å². The highest BCUT2D eigenvalue weighted by Crippen LogP contribution is 2.32. The largest absolute Gasteiger partial charge is 0.454 e. The molecule has 1 fully saturated rings. The number of rotatable bonds is 7. The fraction of sp³-hybridized carbons (Fsp3) is 0.600. The molecule has 1 saturated heterocycles. The van der Waals surface area contributed by atoms with Crippen LogP contribution in [0.15, 0.2) is 18.2 Å². The first-order valence-electron chi connectivity index (χ1n) is 9.71. The Labute approximate surface area is 166 Å². The molecule has 1 aromatic carbocycles. The van der Waals surface area contributed by atoms with E-state index in [2.05, 4.69) is 11.0 Å². The third kappa shape index (κ3) is 5.36. The van der Waals surface area contributed by atoms with Crippen molar-refractivity contribution in [3.63, 3.8) is 0 Å². The summed E-state index contributed by atoms with van der Waals surface area (Å²) in [6.07, 6.45) is 0. The van der Waals surface area contributed by atoms with Crippen molar-refractivity contribution in [2.75, 3.05) is 66.7 Å². The number of likely N-dealkylation sites (N-methyl/N-ethyl adjacent to an activating group) is 1. The summed E-state index contributed by atoms with van der Waals surface area (Å²) in [6, 6.07) is 6.03. The van der Waals surface area contributed by atoms with Crippen LogP contribution in [0.5, 0.6) is 11.5 Å². The third-order valence-corrected chi connectivity index (χ3v) is 5.16. The van der Waals surface area contributed by atoms with E-state index in [4.69, 9.17) is 9.47 Å². The van der Waals surface area contributed by atoms with Gasteiger partial charge in [-0.1, -0.05) is 6.07 Å². The molecule has 0 spiro atoms. The molecule has 0 aliphatic carbocycles. The minimum absolute atomic E-state index is 0.0247. The topological polar surface area (TPSA) is 65.6 Å². The van der Waals surface area contributed by atoms with E-state index < -0.39 is 0 Å². The van der Waals surface area contributed by atoms with E-state index in [0.29, 0.717) is 19.6 Å². The zero-order valence-corrected chi connectivity index (χ0v) is 17.0. The van der Waals surface area contributed by atoms with Crippen molar-refractivity contribution in [1.29, 1.82) is 0 Å². The molecule has 154 valence electrons. The summed E-state index contributed by atoms with van der Waals surface area (Å²) in [6.45, 7) is 7.10. The molecule has 8 nitrogen and oxygen atoms in total. The van der Waals surface area contributed by atoms with Crippen LogP contribution in [-0.4, -0.2) is 98.1 Å². The Hall–Kier alpha value is -2.32. The summed E-state index contributed by atoms with van der Waals surface area (Å²) in [5.41, 5.74) is 1.18. The number of piperazine rings is 1. The molecule has 2 aliphatic heterocycles. The molecule has 0 unspecified atom stereocenters. The monoisotopic (exact) mass is 390 g/mol. The normalized spacial score (nSPS) is 16.5. The van der Waals surface area contributed by atoms with Gasteiger partial charge in [-0.25, -0.2) is 0 Å². The number of hydrogen-bond acceptors (Lipinski definition) is 6. The summed E-state index contributed by atoms with van der Waals surface area (Å²) >= 11 is 0. The molecule has 2 amide bonds. The number of ether oxygens (including phenoxy) is 2. The summed E-state index contributed by atoms with van der Waals surface area (Å²) in [5, 5.41) is 0. The lowest BCUT2D eigenvalue weighted by Gasteiger charge is -2.36. The Morgan fingerprint density at radius 3 is 2.43 bits per heavy atom. The number of nitrogens with zero attached hydrogens (tertiary/aromatic N) is 4. The van der Waals surface area contributed by atoms with Gasteiger partial charge in [-0.3, -0.25) is 14.5 Å². The molecule has 8 heteroatoms. The fourth-order valence-electron chi connectivity index (χ4n) is 3.38. The maximum atomic E-state index is 12.6. The van der Waals surface area contributed by atoms with Crippen LogP contribution in [0.2, 0.25) is 0 Å². The van der Waals surface area contributed by atoms with Gasteiger partial charge in [-0.2, -0.15) is 0 Å². The van der Waals surface area contributed by atoms with Crippen molar-refractivity contribution in [1.82, 2.24) is 19.6 Å². The van der Waals surface area contributed by atoms with Crippen molar-refractivity contribution in [3.05, 3.63) is 23.8 Å². The highest BCUT2D eigenvalue weighted by molar-refractivity contribution is 5.83. The average molecular weight is 390 g/mol. The quantitative estimate of drug-likeness (QED) is 0.674. The van der Waals surface area contributed by atoms with Crippen LogP contribution < -0.4 is 9.47 Å². The molecule has 0 aromatic heterocycles. The van der Waals surface area contributed by atoms with E-state index in [1.54, 1.807) is 4.90 Å². The number of amides is 2. The molecule has 0 atom stereocenters. The van der Waals surface area contributed by atoms with Crippen LogP contribution >= 0.6 is 0 Å². The zero-order chi connectivity index (χ0) is 20.1. The Kier molecular flexibility index (Phi) is 6.74. The van der Waals surface area contributed by atoms with Gasteiger partial charge < -0.3 is 24.2 Å². The molecular weight excluding hydrogens is 360 g/mol. The van der Waals surface area contributed by atoms with Crippen LogP contribution in [0.3, 0.4) is 0 Å². The van der Waals surface area contributed by atoms with E-state index in [1.807, 2.05) is 36.0 Å². The highest BCUT2D eigenvalue weighted by atomic mass is 16.7. The van der Waals surface area contributed by atoms with Crippen molar-refractivity contribution in [3.8, 4) is 11.5 Å². The molecule has 2 heterocycles. The van der Waals surface area contributed by atoms with E-state index in [0.717, 1.165) is 37.7 Å². The van der Waals surface area contributed by atoms with Gasteiger partial charge in [0.05, 0.1) is 6.54 Å². The number of benzene rings is 1. The van der Waals surface area contributed by atoms with Crippen LogP contribution in [-0.2, 0) is 16.1 Å². The Bertz CT molecular complexity index is 701. The van der Waals surface area contributed by atoms with Crippen LogP contribution in [0.1, 0.15) is 12.5 Å². The van der Waals surface area contributed by atoms with Gasteiger partial charge in [0.15, 0.2) is 11.5 Å². The van der Waals surface area contributed by atoms with Crippen LogP contribution in [0.25, 0.3) is 0 Å². The van der Waals surface area contributed by atoms with Gasteiger partial charge in [0.25, 0.3) is 0 Å². The van der Waals surface area contributed by atoms with Crippen LogP contribution in [0.4, 0.5) is 0 Å². The first-order chi connectivity index (χ1) is 13.4. The van der Waals surface area contributed by atoms with E-state index in [-0.39, 0.29) is 25.2 Å². The molecule has 3 rings (SSSR count). The van der Waals surface area contributed by atoms with E-state index in [9.17, 15) is 9.59 Å². The van der Waals surface area contributed by atoms with Gasteiger partial charge in [0.2, 0.25) is 18.6 Å². The molecule has 1 aromatic rings. The maximum Gasteiger partial charge on any atom is 0.242 e. The van der Waals surface area contributed by atoms with Crippen molar-refractivity contribution < 1.29 is 19.1 Å². The number of carbonyl (C=O) groups excluding carboxylic acids is 2. The summed E-state index contributed by atoms with van der Waals surface area (Å²) in [5.74, 6) is 1.56. The Morgan fingerprint density at radius 2 is 1.75 bits per heavy atom.